The number of benzene rings is 4. The van der Waals surface area contributed by atoms with Crippen LogP contribution < -0.4 is 5.32 Å². The van der Waals surface area contributed by atoms with Crippen molar-refractivity contribution in [2.45, 2.75) is 24.4 Å². The van der Waals surface area contributed by atoms with Crippen LogP contribution >= 0.6 is 0 Å². The standard InChI is InChI=1S/C38H33N5O3/c44-36(40-32-17-10-24-42(26-32)37(45)46)28-18-19-34-33(25-28)35(27-20-22-39-23-21-27)41-43(34)38(29-11-4-1-5-12-29,30-13-6-2-7-14-30)31-15-8-3-9-16-31/h1-9,11-16,18-23,25,32H,10,17,24,26H2,(H,40,44)(H,45,46)/t32-/m1/s1. The zero-order valence-electron chi connectivity index (χ0n) is 25.2. The van der Waals surface area contributed by atoms with E-state index in [1.807, 2.05) is 84.9 Å². The molecule has 7 rings (SSSR count). The Morgan fingerprint density at radius 1 is 0.783 bits per heavy atom. The maximum Gasteiger partial charge on any atom is 0.407 e. The number of pyridine rings is 1. The number of rotatable bonds is 7. The summed E-state index contributed by atoms with van der Waals surface area (Å²) in [6.45, 7) is 0.755. The van der Waals surface area contributed by atoms with Crippen molar-refractivity contribution in [1.29, 1.82) is 0 Å². The molecule has 0 saturated carbocycles. The maximum absolute atomic E-state index is 13.6. The molecule has 1 saturated heterocycles. The van der Waals surface area contributed by atoms with E-state index in [9.17, 15) is 14.7 Å². The summed E-state index contributed by atoms with van der Waals surface area (Å²) in [6.07, 6.45) is 3.95. The first kappa shape index (κ1) is 29.0. The second kappa shape index (κ2) is 12.3. The van der Waals surface area contributed by atoms with Gasteiger partial charge in [-0.05, 0) is 59.9 Å². The Morgan fingerprint density at radius 3 is 1.93 bits per heavy atom. The zero-order valence-corrected chi connectivity index (χ0v) is 25.2. The monoisotopic (exact) mass is 607 g/mol. The van der Waals surface area contributed by atoms with Gasteiger partial charge >= 0.3 is 6.09 Å². The van der Waals surface area contributed by atoms with Gasteiger partial charge in [-0.2, -0.15) is 5.10 Å². The fraction of sp³-hybridized carbons (Fsp3) is 0.158. The van der Waals surface area contributed by atoms with Gasteiger partial charge in [0.1, 0.15) is 11.2 Å². The van der Waals surface area contributed by atoms with Gasteiger partial charge in [-0.1, -0.05) is 91.0 Å². The van der Waals surface area contributed by atoms with Gasteiger partial charge in [0.2, 0.25) is 0 Å². The third-order valence-electron chi connectivity index (χ3n) is 8.82. The lowest BCUT2D eigenvalue weighted by molar-refractivity contribution is 0.0888. The maximum atomic E-state index is 13.6. The summed E-state index contributed by atoms with van der Waals surface area (Å²) < 4.78 is 2.09. The Morgan fingerprint density at radius 2 is 1.37 bits per heavy atom. The number of carbonyl (C=O) groups excluding carboxylic acids is 1. The second-order valence-electron chi connectivity index (χ2n) is 11.6. The molecule has 1 fully saturated rings. The summed E-state index contributed by atoms with van der Waals surface area (Å²) in [7, 11) is 0. The van der Waals surface area contributed by atoms with Crippen molar-refractivity contribution in [3.8, 4) is 11.3 Å². The summed E-state index contributed by atoms with van der Waals surface area (Å²) in [4.78, 5) is 30.8. The number of amides is 2. The Kier molecular flexibility index (Phi) is 7.76. The van der Waals surface area contributed by atoms with Crippen LogP contribution in [0.1, 0.15) is 39.9 Å². The van der Waals surface area contributed by atoms with Crippen LogP contribution in [0.4, 0.5) is 4.79 Å². The van der Waals surface area contributed by atoms with Gasteiger partial charge in [0, 0.05) is 48.0 Å². The molecule has 228 valence electrons. The van der Waals surface area contributed by atoms with Crippen LogP contribution in [0.15, 0.2) is 134 Å². The molecule has 8 nitrogen and oxygen atoms in total. The number of fused-ring (bicyclic) bond motifs is 1. The number of aromatic nitrogens is 3. The summed E-state index contributed by atoms with van der Waals surface area (Å²) in [5.74, 6) is -0.243. The number of hydrogen-bond acceptors (Lipinski definition) is 4. The fourth-order valence-corrected chi connectivity index (χ4v) is 6.68. The molecule has 0 unspecified atom stereocenters. The third-order valence-corrected chi connectivity index (χ3v) is 8.82. The first-order valence-corrected chi connectivity index (χ1v) is 15.4. The van der Waals surface area contributed by atoms with Crippen molar-refractivity contribution in [1.82, 2.24) is 25.0 Å². The van der Waals surface area contributed by atoms with Gasteiger partial charge in [0.05, 0.1) is 5.52 Å². The molecule has 2 amide bonds. The van der Waals surface area contributed by atoms with Crippen LogP contribution in [0.2, 0.25) is 0 Å². The number of nitrogens with zero attached hydrogens (tertiary/aromatic N) is 4. The van der Waals surface area contributed by atoms with Crippen LogP contribution in [-0.4, -0.2) is 55.9 Å². The average Bonchev–Trinajstić information content (AvgIpc) is 3.50. The summed E-state index contributed by atoms with van der Waals surface area (Å²) in [5.41, 5.74) is 5.23. The molecular formula is C38H33N5O3. The van der Waals surface area contributed by atoms with E-state index in [1.54, 1.807) is 12.4 Å². The number of hydrogen-bond donors (Lipinski definition) is 2. The number of carbonyl (C=O) groups is 2. The van der Waals surface area contributed by atoms with Gasteiger partial charge in [0.15, 0.2) is 0 Å². The van der Waals surface area contributed by atoms with Crippen molar-refractivity contribution in [2.75, 3.05) is 13.1 Å². The average molecular weight is 608 g/mol. The van der Waals surface area contributed by atoms with Gasteiger partial charge in [-0.25, -0.2) is 9.48 Å². The highest BCUT2D eigenvalue weighted by atomic mass is 16.4. The Hall–Kier alpha value is -5.76. The number of piperidine rings is 1. The quantitative estimate of drug-likeness (QED) is 0.194. The molecule has 1 atom stereocenters. The van der Waals surface area contributed by atoms with Gasteiger partial charge in [0.25, 0.3) is 5.91 Å². The van der Waals surface area contributed by atoms with E-state index in [0.29, 0.717) is 18.5 Å². The first-order chi connectivity index (χ1) is 22.6. The minimum atomic E-state index is -0.964. The van der Waals surface area contributed by atoms with Crippen LogP contribution in [-0.2, 0) is 5.54 Å². The highest BCUT2D eigenvalue weighted by Crippen LogP contribution is 2.44. The zero-order chi connectivity index (χ0) is 31.5. The van der Waals surface area contributed by atoms with E-state index in [1.165, 1.54) is 4.90 Å². The minimum Gasteiger partial charge on any atom is -0.465 e. The van der Waals surface area contributed by atoms with Crippen molar-refractivity contribution < 1.29 is 14.7 Å². The smallest absolute Gasteiger partial charge is 0.407 e. The Labute approximate surface area is 267 Å². The van der Waals surface area contributed by atoms with E-state index in [4.69, 9.17) is 5.10 Å². The highest BCUT2D eigenvalue weighted by Gasteiger charge is 2.41. The molecule has 1 aliphatic rings. The number of nitrogens with one attached hydrogen (secondary N) is 1. The normalized spacial score (nSPS) is 15.0. The molecule has 8 heteroatoms. The molecule has 4 aromatic carbocycles. The lowest BCUT2D eigenvalue weighted by Gasteiger charge is -2.37. The molecule has 2 N–H and O–H groups in total. The van der Waals surface area contributed by atoms with Crippen LogP contribution in [0.25, 0.3) is 22.2 Å². The predicted octanol–water partition coefficient (Wildman–Crippen LogP) is 6.81. The van der Waals surface area contributed by atoms with E-state index in [-0.39, 0.29) is 18.5 Å². The molecule has 0 bridgehead atoms. The lowest BCUT2D eigenvalue weighted by Crippen LogP contribution is -2.49. The van der Waals surface area contributed by atoms with Gasteiger partial charge in [-0.3, -0.25) is 9.78 Å². The molecule has 1 aliphatic heterocycles. The summed E-state index contributed by atoms with van der Waals surface area (Å²) in [5, 5.41) is 18.8. The molecule has 0 spiro atoms. The molecule has 0 aliphatic carbocycles. The van der Waals surface area contributed by atoms with E-state index in [0.717, 1.165) is 45.3 Å². The predicted molar refractivity (Wildman–Crippen MR) is 178 cm³/mol. The molecule has 6 aromatic rings. The first-order valence-electron chi connectivity index (χ1n) is 15.4. The van der Waals surface area contributed by atoms with Crippen LogP contribution in [0.5, 0.6) is 0 Å². The molecular weight excluding hydrogens is 574 g/mol. The van der Waals surface area contributed by atoms with Crippen molar-refractivity contribution in [3.05, 3.63) is 156 Å². The summed E-state index contributed by atoms with van der Waals surface area (Å²) >= 11 is 0. The molecule has 46 heavy (non-hydrogen) atoms. The second-order valence-corrected chi connectivity index (χ2v) is 11.6. The fourth-order valence-electron chi connectivity index (χ4n) is 6.68. The Balaban J connectivity index is 1.44. The van der Waals surface area contributed by atoms with Crippen LogP contribution in [0.3, 0.4) is 0 Å². The van der Waals surface area contributed by atoms with Crippen molar-refractivity contribution in [2.24, 2.45) is 0 Å². The SMILES string of the molecule is O=C(N[C@@H]1CCCN(C(=O)O)C1)c1ccc2c(c1)c(-c1ccncc1)nn2C(c1ccccc1)(c1ccccc1)c1ccccc1. The van der Waals surface area contributed by atoms with E-state index < -0.39 is 11.6 Å². The van der Waals surface area contributed by atoms with Crippen molar-refractivity contribution in [3.63, 3.8) is 0 Å². The van der Waals surface area contributed by atoms with E-state index in [2.05, 4.69) is 51.4 Å². The number of carboxylic acid groups (broad SMARTS) is 1. The third kappa shape index (κ3) is 5.17. The number of likely N-dealkylation sites (tertiary alicyclic amines) is 1. The molecule has 0 radical (unpaired) electrons. The minimum absolute atomic E-state index is 0.243. The largest absolute Gasteiger partial charge is 0.465 e. The highest BCUT2D eigenvalue weighted by molar-refractivity contribution is 6.02. The van der Waals surface area contributed by atoms with Gasteiger partial charge in [-0.15, -0.1) is 0 Å². The van der Waals surface area contributed by atoms with Gasteiger partial charge < -0.3 is 15.3 Å². The van der Waals surface area contributed by atoms with E-state index >= 15 is 0 Å². The molecule has 3 heterocycles. The topological polar surface area (TPSA) is 100 Å². The summed E-state index contributed by atoms with van der Waals surface area (Å²) in [6, 6.07) is 40.4. The lowest BCUT2D eigenvalue weighted by atomic mass is 9.77. The van der Waals surface area contributed by atoms with Crippen molar-refractivity contribution >= 4 is 22.9 Å². The Bertz CT molecular complexity index is 1880. The molecule has 2 aromatic heterocycles. The van der Waals surface area contributed by atoms with Crippen LogP contribution in [0, 0.1) is 0 Å².